The molecule has 4 nitrogen and oxygen atoms in total. The Kier molecular flexibility index (Phi) is 5.30. The first-order chi connectivity index (χ1) is 9.85. The molecule has 1 aromatic rings. The van der Waals surface area contributed by atoms with Gasteiger partial charge in [-0.15, -0.1) is 0 Å². The van der Waals surface area contributed by atoms with Gasteiger partial charge in [-0.3, -0.25) is 0 Å². The van der Waals surface area contributed by atoms with Gasteiger partial charge in [-0.1, -0.05) is 31.5 Å². The summed E-state index contributed by atoms with van der Waals surface area (Å²) in [6, 6.07) is 5.11. The van der Waals surface area contributed by atoms with Crippen LogP contribution < -0.4 is 10.0 Å². The van der Waals surface area contributed by atoms with Gasteiger partial charge in [0, 0.05) is 12.6 Å². The summed E-state index contributed by atoms with van der Waals surface area (Å²) in [5.41, 5.74) is 0.898. The summed E-state index contributed by atoms with van der Waals surface area (Å²) in [4.78, 5) is 0.170. The summed E-state index contributed by atoms with van der Waals surface area (Å²) < 4.78 is 28.0. The third kappa shape index (κ3) is 3.77. The predicted molar refractivity (Wildman–Crippen MR) is 85.9 cm³/mol. The van der Waals surface area contributed by atoms with E-state index in [1.807, 2.05) is 13.1 Å². The molecular formula is C15H23ClN2O2S. The molecule has 118 valence electrons. The molecule has 0 aromatic heterocycles. The number of rotatable bonds is 5. The van der Waals surface area contributed by atoms with Gasteiger partial charge < -0.3 is 5.32 Å². The Morgan fingerprint density at radius 1 is 1.29 bits per heavy atom. The van der Waals surface area contributed by atoms with Crippen LogP contribution in [0.1, 0.15) is 32.3 Å². The van der Waals surface area contributed by atoms with Crippen LogP contribution in [-0.4, -0.2) is 21.5 Å². The van der Waals surface area contributed by atoms with Gasteiger partial charge in [0.25, 0.3) is 0 Å². The molecule has 3 atom stereocenters. The molecule has 0 saturated heterocycles. The molecule has 1 aromatic carbocycles. The van der Waals surface area contributed by atoms with E-state index in [1.165, 1.54) is 0 Å². The van der Waals surface area contributed by atoms with Gasteiger partial charge in [-0.05, 0) is 49.4 Å². The van der Waals surface area contributed by atoms with Crippen molar-refractivity contribution < 1.29 is 8.42 Å². The van der Waals surface area contributed by atoms with Crippen LogP contribution >= 0.6 is 11.6 Å². The minimum atomic E-state index is -3.58. The Labute approximate surface area is 132 Å². The molecule has 6 heteroatoms. The van der Waals surface area contributed by atoms with E-state index >= 15 is 0 Å². The maximum absolute atomic E-state index is 12.6. The lowest BCUT2D eigenvalue weighted by atomic mass is 9.98. The average molecular weight is 331 g/mol. The van der Waals surface area contributed by atoms with Gasteiger partial charge in [0.15, 0.2) is 0 Å². The zero-order valence-corrected chi connectivity index (χ0v) is 14.3. The molecule has 2 N–H and O–H groups in total. The van der Waals surface area contributed by atoms with Crippen molar-refractivity contribution in [3.63, 3.8) is 0 Å². The van der Waals surface area contributed by atoms with Crippen LogP contribution in [0.3, 0.4) is 0 Å². The van der Waals surface area contributed by atoms with E-state index < -0.39 is 10.0 Å². The minimum Gasteiger partial charge on any atom is -0.316 e. The number of sulfonamides is 1. The lowest BCUT2D eigenvalue weighted by Crippen LogP contribution is -2.37. The Hall–Kier alpha value is -0.620. The van der Waals surface area contributed by atoms with E-state index in [0.717, 1.165) is 18.4 Å². The number of hydrogen-bond donors (Lipinski definition) is 2. The monoisotopic (exact) mass is 330 g/mol. The molecule has 21 heavy (non-hydrogen) atoms. The van der Waals surface area contributed by atoms with Crippen LogP contribution in [0.4, 0.5) is 0 Å². The van der Waals surface area contributed by atoms with Gasteiger partial charge in [-0.2, -0.15) is 0 Å². The smallest absolute Gasteiger partial charge is 0.242 e. The first-order valence-corrected chi connectivity index (χ1v) is 9.16. The standard InChI is InChI=1S/C15H23ClN2O2S/c1-10-4-7-14(11(10)2)18-21(19,20)15-8-12(9-17-3)5-6-13(15)16/h5-6,8,10-11,14,17-18H,4,7,9H2,1-3H3. The molecule has 2 rings (SSSR count). The summed E-state index contributed by atoms with van der Waals surface area (Å²) >= 11 is 6.09. The highest BCUT2D eigenvalue weighted by Gasteiger charge is 2.33. The fraction of sp³-hybridized carbons (Fsp3) is 0.600. The number of halogens is 1. The molecule has 0 amide bonds. The molecule has 1 fully saturated rings. The van der Waals surface area contributed by atoms with Crippen LogP contribution in [-0.2, 0) is 16.6 Å². The second-order valence-electron chi connectivity index (χ2n) is 5.94. The highest BCUT2D eigenvalue weighted by atomic mass is 35.5. The topological polar surface area (TPSA) is 58.2 Å². The second-order valence-corrected chi connectivity index (χ2v) is 8.03. The number of benzene rings is 1. The fourth-order valence-corrected chi connectivity index (χ4v) is 4.77. The first kappa shape index (κ1) is 16.7. The maximum Gasteiger partial charge on any atom is 0.242 e. The zero-order valence-electron chi connectivity index (χ0n) is 12.7. The van der Waals surface area contributed by atoms with Gasteiger partial charge >= 0.3 is 0 Å². The van der Waals surface area contributed by atoms with E-state index in [4.69, 9.17) is 11.6 Å². The lowest BCUT2D eigenvalue weighted by molar-refractivity contribution is 0.402. The highest BCUT2D eigenvalue weighted by Crippen LogP contribution is 2.33. The van der Waals surface area contributed by atoms with E-state index in [2.05, 4.69) is 23.9 Å². The van der Waals surface area contributed by atoms with Crippen molar-refractivity contribution in [2.24, 2.45) is 11.8 Å². The van der Waals surface area contributed by atoms with E-state index in [1.54, 1.807) is 12.1 Å². The Balaban J connectivity index is 2.25. The molecular weight excluding hydrogens is 308 g/mol. The second kappa shape index (κ2) is 6.65. The molecule has 0 heterocycles. The predicted octanol–water partition coefficient (Wildman–Crippen LogP) is 2.77. The van der Waals surface area contributed by atoms with Crippen LogP contribution in [0.15, 0.2) is 23.1 Å². The van der Waals surface area contributed by atoms with Crippen LogP contribution in [0.2, 0.25) is 5.02 Å². The van der Waals surface area contributed by atoms with Crippen molar-refractivity contribution >= 4 is 21.6 Å². The lowest BCUT2D eigenvalue weighted by Gasteiger charge is -2.20. The molecule has 0 spiro atoms. The quantitative estimate of drug-likeness (QED) is 0.872. The van der Waals surface area contributed by atoms with E-state index in [0.29, 0.717) is 18.4 Å². The Bertz CT molecular complexity index is 604. The van der Waals surface area contributed by atoms with E-state index in [9.17, 15) is 8.42 Å². The molecule has 1 aliphatic rings. The summed E-state index contributed by atoms with van der Waals surface area (Å²) in [5, 5.41) is 3.27. The normalized spacial score (nSPS) is 26.2. The summed E-state index contributed by atoms with van der Waals surface area (Å²) in [5.74, 6) is 0.892. The van der Waals surface area contributed by atoms with E-state index in [-0.39, 0.29) is 16.0 Å². The van der Waals surface area contributed by atoms with Gasteiger partial charge in [-0.25, -0.2) is 13.1 Å². The van der Waals surface area contributed by atoms with Crippen molar-refractivity contribution in [3.8, 4) is 0 Å². The fourth-order valence-electron chi connectivity index (χ4n) is 2.86. The number of nitrogens with one attached hydrogen (secondary N) is 2. The molecule has 0 aliphatic heterocycles. The number of hydrogen-bond acceptors (Lipinski definition) is 3. The average Bonchev–Trinajstić information content (AvgIpc) is 2.72. The minimum absolute atomic E-state index is 0.00553. The summed E-state index contributed by atoms with van der Waals surface area (Å²) in [6.45, 7) is 4.87. The van der Waals surface area contributed by atoms with Crippen molar-refractivity contribution in [3.05, 3.63) is 28.8 Å². The van der Waals surface area contributed by atoms with Gasteiger partial charge in [0.2, 0.25) is 10.0 Å². The molecule has 0 radical (unpaired) electrons. The third-order valence-electron chi connectivity index (χ3n) is 4.44. The highest BCUT2D eigenvalue weighted by molar-refractivity contribution is 7.89. The van der Waals surface area contributed by atoms with Crippen molar-refractivity contribution in [2.45, 2.75) is 44.2 Å². The Morgan fingerprint density at radius 3 is 2.57 bits per heavy atom. The van der Waals surface area contributed by atoms with Gasteiger partial charge in [0.05, 0.1) is 5.02 Å². The van der Waals surface area contributed by atoms with Gasteiger partial charge in [0.1, 0.15) is 4.90 Å². The third-order valence-corrected chi connectivity index (χ3v) is 6.41. The van der Waals surface area contributed by atoms with Crippen molar-refractivity contribution in [2.75, 3.05) is 7.05 Å². The molecule has 1 saturated carbocycles. The Morgan fingerprint density at radius 2 is 2.00 bits per heavy atom. The molecule has 3 unspecified atom stereocenters. The molecule has 1 aliphatic carbocycles. The first-order valence-electron chi connectivity index (χ1n) is 7.30. The zero-order chi connectivity index (χ0) is 15.6. The summed E-state index contributed by atoms with van der Waals surface area (Å²) in [7, 11) is -1.76. The van der Waals surface area contributed by atoms with Crippen molar-refractivity contribution in [1.29, 1.82) is 0 Å². The van der Waals surface area contributed by atoms with Crippen LogP contribution in [0.25, 0.3) is 0 Å². The van der Waals surface area contributed by atoms with Crippen LogP contribution in [0, 0.1) is 11.8 Å². The maximum atomic E-state index is 12.6. The SMILES string of the molecule is CNCc1ccc(Cl)c(S(=O)(=O)NC2CCC(C)C2C)c1. The van der Waals surface area contributed by atoms with Crippen LogP contribution in [0.5, 0.6) is 0 Å². The van der Waals surface area contributed by atoms with Crippen molar-refractivity contribution in [1.82, 2.24) is 10.0 Å². The molecule has 0 bridgehead atoms. The summed E-state index contributed by atoms with van der Waals surface area (Å²) in [6.07, 6.45) is 1.94. The largest absolute Gasteiger partial charge is 0.316 e.